The molecule has 2 N–H and O–H groups in total. The van der Waals surface area contributed by atoms with E-state index in [9.17, 15) is 9.90 Å². The molecule has 1 fully saturated rings. The van der Waals surface area contributed by atoms with Crippen LogP contribution in [0.2, 0.25) is 0 Å². The van der Waals surface area contributed by atoms with Crippen molar-refractivity contribution in [2.45, 2.75) is 57.0 Å². The maximum absolute atomic E-state index is 11.9. The lowest BCUT2D eigenvalue weighted by molar-refractivity contribution is -0.125. The summed E-state index contributed by atoms with van der Waals surface area (Å²) in [6.07, 6.45) is 4.68. The normalized spacial score (nSPS) is 18.0. The summed E-state index contributed by atoms with van der Waals surface area (Å²) in [5.41, 5.74) is 0.482. The second-order valence-electron chi connectivity index (χ2n) is 6.42. The van der Waals surface area contributed by atoms with Gasteiger partial charge in [-0.2, -0.15) is 0 Å². The zero-order valence-electron chi connectivity index (χ0n) is 13.6. The zero-order chi connectivity index (χ0) is 16.0. The van der Waals surface area contributed by atoms with E-state index in [0.717, 1.165) is 37.9 Å². The van der Waals surface area contributed by atoms with Crippen LogP contribution in [0.15, 0.2) is 24.3 Å². The first-order chi connectivity index (χ1) is 10.5. The molecule has 1 atom stereocenters. The van der Waals surface area contributed by atoms with Crippen LogP contribution in [0.25, 0.3) is 0 Å². The van der Waals surface area contributed by atoms with Gasteiger partial charge in [-0.25, -0.2) is 0 Å². The lowest BCUT2D eigenvalue weighted by Gasteiger charge is -2.21. The van der Waals surface area contributed by atoms with E-state index in [1.54, 1.807) is 7.11 Å². The van der Waals surface area contributed by atoms with Gasteiger partial charge in [0.05, 0.1) is 19.1 Å². The number of carbonyl (C=O) groups excluding carboxylic acids is 1. The molecule has 0 bridgehead atoms. The SMILES string of the molecule is COc1ccc(C(C)CCNC(=O)CC2(O)CCCC2)cc1. The second kappa shape index (κ2) is 7.63. The van der Waals surface area contributed by atoms with E-state index in [4.69, 9.17) is 4.74 Å². The van der Waals surface area contributed by atoms with Gasteiger partial charge in [0.25, 0.3) is 0 Å². The van der Waals surface area contributed by atoms with E-state index in [2.05, 4.69) is 24.4 Å². The van der Waals surface area contributed by atoms with Crippen molar-refractivity contribution in [1.29, 1.82) is 0 Å². The molecule has 1 aliphatic carbocycles. The van der Waals surface area contributed by atoms with Crippen molar-refractivity contribution in [3.63, 3.8) is 0 Å². The van der Waals surface area contributed by atoms with E-state index >= 15 is 0 Å². The molecule has 0 aliphatic heterocycles. The molecule has 4 heteroatoms. The smallest absolute Gasteiger partial charge is 0.222 e. The Labute approximate surface area is 132 Å². The Morgan fingerprint density at radius 1 is 1.32 bits per heavy atom. The third-order valence-electron chi connectivity index (χ3n) is 4.61. The lowest BCUT2D eigenvalue weighted by atomic mass is 9.96. The van der Waals surface area contributed by atoms with E-state index in [1.807, 2.05) is 12.1 Å². The van der Waals surface area contributed by atoms with Crippen LogP contribution in [-0.4, -0.2) is 30.3 Å². The van der Waals surface area contributed by atoms with E-state index < -0.39 is 5.60 Å². The van der Waals surface area contributed by atoms with Crippen molar-refractivity contribution in [2.24, 2.45) is 0 Å². The van der Waals surface area contributed by atoms with Crippen LogP contribution in [0.4, 0.5) is 0 Å². The van der Waals surface area contributed by atoms with Crippen molar-refractivity contribution in [3.8, 4) is 5.75 Å². The Morgan fingerprint density at radius 3 is 2.55 bits per heavy atom. The minimum absolute atomic E-state index is 0.0358. The fraction of sp³-hybridized carbons (Fsp3) is 0.611. The second-order valence-corrected chi connectivity index (χ2v) is 6.42. The highest BCUT2D eigenvalue weighted by molar-refractivity contribution is 5.77. The Bertz CT molecular complexity index is 478. The molecule has 1 aromatic carbocycles. The Balaban J connectivity index is 1.71. The van der Waals surface area contributed by atoms with Gasteiger partial charge in [0.1, 0.15) is 5.75 Å². The van der Waals surface area contributed by atoms with Crippen LogP contribution in [0, 0.1) is 0 Å². The number of methoxy groups -OCH3 is 1. The number of hydrogen-bond donors (Lipinski definition) is 2. The number of benzene rings is 1. The van der Waals surface area contributed by atoms with Gasteiger partial charge in [-0.05, 0) is 42.9 Å². The molecule has 0 heterocycles. The van der Waals surface area contributed by atoms with Crippen molar-refractivity contribution < 1.29 is 14.6 Å². The number of rotatable bonds is 7. The number of hydrogen-bond acceptors (Lipinski definition) is 3. The maximum atomic E-state index is 11.9. The highest BCUT2D eigenvalue weighted by Crippen LogP contribution is 2.32. The first-order valence-electron chi connectivity index (χ1n) is 8.15. The van der Waals surface area contributed by atoms with Gasteiger partial charge in [-0.15, -0.1) is 0 Å². The summed E-state index contributed by atoms with van der Waals surface area (Å²) in [5, 5.41) is 13.2. The fourth-order valence-corrected chi connectivity index (χ4v) is 3.10. The third-order valence-corrected chi connectivity index (χ3v) is 4.61. The average Bonchev–Trinajstić information content (AvgIpc) is 2.93. The lowest BCUT2D eigenvalue weighted by Crippen LogP contribution is -2.35. The minimum Gasteiger partial charge on any atom is -0.497 e. The van der Waals surface area contributed by atoms with E-state index in [0.29, 0.717) is 12.5 Å². The molecule has 1 aliphatic rings. The maximum Gasteiger partial charge on any atom is 0.222 e. The number of ether oxygens (including phenoxy) is 1. The van der Waals surface area contributed by atoms with E-state index in [-0.39, 0.29) is 12.3 Å². The topological polar surface area (TPSA) is 58.6 Å². The molecule has 1 aromatic rings. The summed E-state index contributed by atoms with van der Waals surface area (Å²) in [4.78, 5) is 11.9. The van der Waals surface area contributed by atoms with Crippen molar-refractivity contribution in [3.05, 3.63) is 29.8 Å². The number of aliphatic hydroxyl groups is 1. The summed E-state index contributed by atoms with van der Waals surface area (Å²) >= 11 is 0. The minimum atomic E-state index is -0.758. The van der Waals surface area contributed by atoms with Gasteiger partial charge in [0, 0.05) is 6.54 Å². The molecule has 122 valence electrons. The van der Waals surface area contributed by atoms with Crippen molar-refractivity contribution >= 4 is 5.91 Å². The molecule has 1 amide bonds. The first kappa shape index (κ1) is 16.8. The van der Waals surface area contributed by atoms with Gasteiger partial charge in [0.15, 0.2) is 0 Å². The molecule has 0 radical (unpaired) electrons. The highest BCUT2D eigenvalue weighted by atomic mass is 16.5. The predicted octanol–water partition coefficient (Wildman–Crippen LogP) is 3.00. The van der Waals surface area contributed by atoms with Crippen LogP contribution >= 0.6 is 0 Å². The Hall–Kier alpha value is -1.55. The number of nitrogens with one attached hydrogen (secondary N) is 1. The third kappa shape index (κ3) is 4.73. The summed E-state index contributed by atoms with van der Waals surface area (Å²) in [7, 11) is 1.66. The molecule has 4 nitrogen and oxygen atoms in total. The predicted molar refractivity (Wildman–Crippen MR) is 87.1 cm³/mol. The largest absolute Gasteiger partial charge is 0.497 e. The molecule has 22 heavy (non-hydrogen) atoms. The Kier molecular flexibility index (Phi) is 5.83. The van der Waals surface area contributed by atoms with Gasteiger partial charge in [-0.1, -0.05) is 31.9 Å². The molecule has 0 aromatic heterocycles. The quantitative estimate of drug-likeness (QED) is 0.814. The highest BCUT2D eigenvalue weighted by Gasteiger charge is 2.33. The summed E-state index contributed by atoms with van der Waals surface area (Å²) in [6.45, 7) is 2.79. The van der Waals surface area contributed by atoms with E-state index in [1.165, 1.54) is 5.56 Å². The molecular weight excluding hydrogens is 278 g/mol. The standard InChI is InChI=1S/C18H27NO3/c1-14(15-5-7-16(22-2)8-6-15)9-12-19-17(20)13-18(21)10-3-4-11-18/h5-8,14,21H,3-4,9-13H2,1-2H3,(H,19,20). The van der Waals surface area contributed by atoms with Crippen molar-refractivity contribution in [1.82, 2.24) is 5.32 Å². The van der Waals surface area contributed by atoms with Crippen LogP contribution in [0.5, 0.6) is 5.75 Å². The first-order valence-corrected chi connectivity index (χ1v) is 8.15. The van der Waals surface area contributed by atoms with Crippen LogP contribution in [0.3, 0.4) is 0 Å². The van der Waals surface area contributed by atoms with Gasteiger partial charge in [0.2, 0.25) is 5.91 Å². The molecule has 2 rings (SSSR count). The monoisotopic (exact) mass is 305 g/mol. The summed E-state index contributed by atoms with van der Waals surface area (Å²) in [6, 6.07) is 8.04. The molecule has 1 unspecified atom stereocenters. The van der Waals surface area contributed by atoms with Crippen LogP contribution < -0.4 is 10.1 Å². The van der Waals surface area contributed by atoms with Gasteiger partial charge < -0.3 is 15.2 Å². The zero-order valence-corrected chi connectivity index (χ0v) is 13.6. The molecular formula is C18H27NO3. The molecule has 0 saturated heterocycles. The molecule has 1 saturated carbocycles. The summed E-state index contributed by atoms with van der Waals surface area (Å²) < 4.78 is 5.15. The average molecular weight is 305 g/mol. The van der Waals surface area contributed by atoms with Crippen LogP contribution in [0.1, 0.15) is 56.9 Å². The van der Waals surface area contributed by atoms with Gasteiger partial charge in [-0.3, -0.25) is 4.79 Å². The number of amides is 1. The summed E-state index contributed by atoms with van der Waals surface area (Å²) in [5.74, 6) is 1.20. The van der Waals surface area contributed by atoms with Crippen molar-refractivity contribution in [2.75, 3.05) is 13.7 Å². The fourth-order valence-electron chi connectivity index (χ4n) is 3.10. The Morgan fingerprint density at radius 2 is 1.95 bits per heavy atom. The van der Waals surface area contributed by atoms with Gasteiger partial charge >= 0.3 is 0 Å². The number of carbonyl (C=O) groups is 1. The molecule has 0 spiro atoms. The van der Waals surface area contributed by atoms with Crippen LogP contribution in [-0.2, 0) is 4.79 Å².